The molecule has 222 valence electrons. The number of dihydropyridines is 1. The van der Waals surface area contributed by atoms with Crippen LogP contribution in [0.25, 0.3) is 0 Å². The summed E-state index contributed by atoms with van der Waals surface area (Å²) in [6.45, 7) is 13.4. The zero-order chi connectivity index (χ0) is 29.1. The lowest BCUT2D eigenvalue weighted by atomic mass is 9.71. The number of ether oxygens (including phenoxy) is 1. The zero-order valence-electron chi connectivity index (χ0n) is 25.8. The SMILES string of the molecule is CNC1NC(C)=CC(N2CCc3c(c(C)nn3CC3(CCCN(C)C(=O)OC(C)(C)C)CCCCC3)C2)=C1C=N. The van der Waals surface area contributed by atoms with Crippen molar-refractivity contribution in [3.8, 4) is 0 Å². The average Bonchev–Trinajstić information content (AvgIpc) is 3.21. The average molecular weight is 554 g/mol. The first-order chi connectivity index (χ1) is 18.9. The predicted octanol–water partition coefficient (Wildman–Crippen LogP) is 5.10. The van der Waals surface area contributed by atoms with E-state index >= 15 is 0 Å². The molecule has 0 spiro atoms. The Balaban J connectivity index is 1.48. The molecule has 2 aliphatic heterocycles. The van der Waals surface area contributed by atoms with Gasteiger partial charge in [-0.15, -0.1) is 0 Å². The van der Waals surface area contributed by atoms with Crippen LogP contribution in [0.15, 0.2) is 23.0 Å². The highest BCUT2D eigenvalue weighted by molar-refractivity contribution is 5.80. The molecule has 1 amide bonds. The second-order valence-electron chi connectivity index (χ2n) is 13.1. The van der Waals surface area contributed by atoms with Crippen LogP contribution < -0.4 is 10.6 Å². The Morgan fingerprint density at radius 3 is 2.67 bits per heavy atom. The van der Waals surface area contributed by atoms with Gasteiger partial charge in [0.05, 0.1) is 5.69 Å². The van der Waals surface area contributed by atoms with E-state index in [1.54, 1.807) is 4.90 Å². The molecule has 1 aliphatic carbocycles. The van der Waals surface area contributed by atoms with Crippen molar-refractivity contribution < 1.29 is 9.53 Å². The van der Waals surface area contributed by atoms with Gasteiger partial charge in [0.1, 0.15) is 11.8 Å². The molecule has 0 bridgehead atoms. The summed E-state index contributed by atoms with van der Waals surface area (Å²) < 4.78 is 7.89. The number of carbonyl (C=O) groups is 1. The summed E-state index contributed by atoms with van der Waals surface area (Å²) in [6.07, 6.45) is 12.7. The van der Waals surface area contributed by atoms with Crippen LogP contribution in [0.2, 0.25) is 0 Å². The van der Waals surface area contributed by atoms with E-state index in [-0.39, 0.29) is 17.7 Å². The maximum absolute atomic E-state index is 12.5. The van der Waals surface area contributed by atoms with Crippen molar-refractivity contribution in [2.45, 2.75) is 111 Å². The Morgan fingerprint density at radius 2 is 2.02 bits per heavy atom. The Labute approximate surface area is 240 Å². The fraction of sp³-hybridized carbons (Fsp3) is 0.710. The van der Waals surface area contributed by atoms with Gasteiger partial charge in [0.2, 0.25) is 0 Å². The number of hydrogen-bond donors (Lipinski definition) is 3. The summed E-state index contributed by atoms with van der Waals surface area (Å²) in [5.74, 6) is 0. The number of aryl methyl sites for hydroxylation is 1. The number of amides is 1. The maximum Gasteiger partial charge on any atom is 0.410 e. The number of nitrogens with one attached hydrogen (secondary N) is 3. The van der Waals surface area contributed by atoms with E-state index in [0.29, 0.717) is 6.54 Å². The zero-order valence-corrected chi connectivity index (χ0v) is 25.8. The number of carbonyl (C=O) groups excluding carboxylic acids is 1. The lowest BCUT2D eigenvalue weighted by Crippen LogP contribution is -2.46. The highest BCUT2D eigenvalue weighted by Gasteiger charge is 2.35. The van der Waals surface area contributed by atoms with Gasteiger partial charge in [-0.05, 0) is 78.8 Å². The molecule has 4 rings (SSSR count). The van der Waals surface area contributed by atoms with E-state index in [0.717, 1.165) is 61.6 Å². The molecule has 1 aromatic heterocycles. The van der Waals surface area contributed by atoms with Crippen LogP contribution in [0.5, 0.6) is 0 Å². The van der Waals surface area contributed by atoms with Crippen molar-refractivity contribution in [3.63, 3.8) is 0 Å². The van der Waals surface area contributed by atoms with Gasteiger partial charge in [0.15, 0.2) is 0 Å². The summed E-state index contributed by atoms with van der Waals surface area (Å²) in [7, 11) is 3.77. The van der Waals surface area contributed by atoms with Crippen molar-refractivity contribution in [1.82, 2.24) is 30.2 Å². The molecule has 0 aromatic carbocycles. The van der Waals surface area contributed by atoms with E-state index in [2.05, 4.69) is 40.1 Å². The Morgan fingerprint density at radius 1 is 1.30 bits per heavy atom. The summed E-state index contributed by atoms with van der Waals surface area (Å²) in [5, 5.41) is 19.9. The Kier molecular flexibility index (Phi) is 9.33. The molecular formula is C31H51N7O2. The first kappa shape index (κ1) is 30.2. The number of likely N-dealkylation sites (N-methyl/N-ethyl adjacent to an activating group) is 1. The van der Waals surface area contributed by atoms with E-state index < -0.39 is 5.60 Å². The van der Waals surface area contributed by atoms with E-state index in [4.69, 9.17) is 15.2 Å². The van der Waals surface area contributed by atoms with Crippen LogP contribution >= 0.6 is 0 Å². The van der Waals surface area contributed by atoms with Gasteiger partial charge >= 0.3 is 6.09 Å². The monoisotopic (exact) mass is 553 g/mol. The fourth-order valence-electron chi connectivity index (χ4n) is 6.67. The molecule has 3 heterocycles. The van der Waals surface area contributed by atoms with E-state index in [1.807, 2.05) is 34.9 Å². The standard InChI is InChI=1S/C31H51N7O2/c1-22-18-27(24(19-32)28(33-6)34-22)37-17-12-26-25(20-37)23(2)35-38(26)21-31(13-9-8-10-14-31)15-11-16-36(7)29(39)40-30(3,4)5/h18-19,28,32-34H,8-17,20-21H2,1-7H3. The quantitative estimate of drug-likeness (QED) is 0.368. The van der Waals surface area contributed by atoms with E-state index in [9.17, 15) is 4.79 Å². The van der Waals surface area contributed by atoms with Crippen molar-refractivity contribution in [2.24, 2.45) is 5.41 Å². The normalized spacial score (nSPS) is 20.9. The highest BCUT2D eigenvalue weighted by Crippen LogP contribution is 2.42. The molecule has 1 aromatic rings. The van der Waals surface area contributed by atoms with Crippen LogP contribution in [0.1, 0.15) is 89.6 Å². The summed E-state index contributed by atoms with van der Waals surface area (Å²) in [6, 6.07) is 0. The summed E-state index contributed by atoms with van der Waals surface area (Å²) >= 11 is 0. The minimum atomic E-state index is -0.474. The highest BCUT2D eigenvalue weighted by atomic mass is 16.6. The molecule has 1 atom stereocenters. The van der Waals surface area contributed by atoms with Gasteiger partial charge in [-0.3, -0.25) is 10.00 Å². The van der Waals surface area contributed by atoms with Gasteiger partial charge in [0.25, 0.3) is 0 Å². The Bertz CT molecular complexity index is 1140. The molecule has 3 aliphatic rings. The first-order valence-electron chi connectivity index (χ1n) is 15.1. The van der Waals surface area contributed by atoms with Gasteiger partial charge in [-0.2, -0.15) is 5.10 Å². The van der Waals surface area contributed by atoms with Crippen molar-refractivity contribution in [3.05, 3.63) is 40.0 Å². The second-order valence-corrected chi connectivity index (χ2v) is 13.1. The lowest BCUT2D eigenvalue weighted by molar-refractivity contribution is 0.0283. The molecule has 3 N–H and O–H groups in total. The van der Waals surface area contributed by atoms with E-state index in [1.165, 1.54) is 49.6 Å². The number of allylic oxidation sites excluding steroid dienone is 2. The van der Waals surface area contributed by atoms with Gasteiger partial charge in [-0.1, -0.05) is 19.3 Å². The third kappa shape index (κ3) is 6.90. The number of aromatic nitrogens is 2. The number of fused-ring (bicyclic) bond motifs is 1. The van der Waals surface area contributed by atoms with Gasteiger partial charge < -0.3 is 25.3 Å². The largest absolute Gasteiger partial charge is 0.444 e. The fourth-order valence-corrected chi connectivity index (χ4v) is 6.67. The molecule has 1 unspecified atom stereocenters. The van der Waals surface area contributed by atoms with Gasteiger partial charge in [0, 0.05) is 74.1 Å². The Hall–Kier alpha value is -2.81. The second kappa shape index (κ2) is 12.4. The molecule has 1 fully saturated rings. The molecule has 1 saturated carbocycles. The summed E-state index contributed by atoms with van der Waals surface area (Å²) in [5.41, 5.74) is 6.78. The maximum atomic E-state index is 12.5. The minimum absolute atomic E-state index is 0.0526. The first-order valence-corrected chi connectivity index (χ1v) is 15.1. The number of nitrogens with zero attached hydrogens (tertiary/aromatic N) is 4. The molecule has 0 saturated heterocycles. The van der Waals surface area contributed by atoms with Crippen LogP contribution in [-0.2, 0) is 24.2 Å². The number of rotatable bonds is 9. The van der Waals surface area contributed by atoms with Crippen molar-refractivity contribution in [1.29, 1.82) is 5.41 Å². The summed E-state index contributed by atoms with van der Waals surface area (Å²) in [4.78, 5) is 16.6. The smallest absolute Gasteiger partial charge is 0.410 e. The van der Waals surface area contributed by atoms with Crippen LogP contribution in [0.3, 0.4) is 0 Å². The molecule has 9 heteroatoms. The molecule has 40 heavy (non-hydrogen) atoms. The third-order valence-electron chi connectivity index (χ3n) is 8.76. The predicted molar refractivity (Wildman–Crippen MR) is 160 cm³/mol. The van der Waals surface area contributed by atoms with Crippen LogP contribution in [0.4, 0.5) is 4.79 Å². The lowest BCUT2D eigenvalue weighted by Gasteiger charge is -2.39. The topological polar surface area (TPSA) is 98.5 Å². The third-order valence-corrected chi connectivity index (χ3v) is 8.76. The van der Waals surface area contributed by atoms with Crippen LogP contribution in [-0.4, -0.2) is 70.8 Å². The van der Waals surface area contributed by atoms with Crippen LogP contribution in [0, 0.1) is 17.7 Å². The minimum Gasteiger partial charge on any atom is -0.444 e. The van der Waals surface area contributed by atoms with Crippen molar-refractivity contribution in [2.75, 3.05) is 27.2 Å². The van der Waals surface area contributed by atoms with Gasteiger partial charge in [-0.25, -0.2) is 4.79 Å². The number of hydrogen-bond acceptors (Lipinski definition) is 7. The molecule has 0 radical (unpaired) electrons. The molecule has 9 nitrogen and oxygen atoms in total. The molecular weight excluding hydrogens is 502 g/mol. The van der Waals surface area contributed by atoms with Crippen molar-refractivity contribution >= 4 is 12.3 Å².